The molecule has 3 aromatic rings. The van der Waals surface area contributed by atoms with Gasteiger partial charge in [-0.2, -0.15) is 0 Å². The summed E-state index contributed by atoms with van der Waals surface area (Å²) >= 11 is 0. The van der Waals surface area contributed by atoms with Crippen molar-refractivity contribution in [3.8, 4) is 11.5 Å². The Kier molecular flexibility index (Phi) is 6.45. The first-order chi connectivity index (χ1) is 16.0. The van der Waals surface area contributed by atoms with E-state index in [-0.39, 0.29) is 23.3 Å². The third-order valence-electron chi connectivity index (χ3n) is 5.76. The Morgan fingerprint density at radius 3 is 2.33 bits per heavy atom. The first-order valence-corrected chi connectivity index (χ1v) is 10.8. The standard InChI is InChI=1S/C27H26N2O4/c1-18(30)24-25(21-13-14-22(31)23(17-21)33-2)28-27(32)29(16-15-19-9-5-3-6-10-19)26(24)20-11-7-4-8-12-20/h3-14,17,25,31H,15-16H2,1-2H3,(H,28,32). The van der Waals surface area contributed by atoms with E-state index in [1.807, 2.05) is 60.7 Å². The summed E-state index contributed by atoms with van der Waals surface area (Å²) in [4.78, 5) is 28.0. The van der Waals surface area contributed by atoms with Gasteiger partial charge in [0.1, 0.15) is 0 Å². The monoisotopic (exact) mass is 442 g/mol. The van der Waals surface area contributed by atoms with E-state index < -0.39 is 6.04 Å². The number of ketones is 1. The molecular weight excluding hydrogens is 416 g/mol. The lowest BCUT2D eigenvalue weighted by Crippen LogP contribution is -2.48. The highest BCUT2D eigenvalue weighted by molar-refractivity contribution is 6.07. The van der Waals surface area contributed by atoms with Crippen LogP contribution in [0, 0.1) is 0 Å². The van der Waals surface area contributed by atoms with Gasteiger partial charge in [0.15, 0.2) is 17.3 Å². The van der Waals surface area contributed by atoms with Crippen LogP contribution in [0.25, 0.3) is 5.70 Å². The third-order valence-corrected chi connectivity index (χ3v) is 5.76. The molecule has 0 radical (unpaired) electrons. The number of carbonyl (C=O) groups excluding carboxylic acids is 2. The molecule has 33 heavy (non-hydrogen) atoms. The number of ether oxygens (including phenoxy) is 1. The Hall–Kier alpha value is -4.06. The van der Waals surface area contributed by atoms with Gasteiger partial charge in [-0.25, -0.2) is 4.79 Å². The van der Waals surface area contributed by atoms with Gasteiger partial charge in [0.05, 0.1) is 18.8 Å². The molecule has 0 aromatic heterocycles. The summed E-state index contributed by atoms with van der Waals surface area (Å²) in [5.41, 5.74) is 3.63. The maximum atomic E-state index is 13.4. The predicted molar refractivity (Wildman–Crippen MR) is 127 cm³/mol. The van der Waals surface area contributed by atoms with E-state index in [2.05, 4.69) is 5.32 Å². The molecule has 1 unspecified atom stereocenters. The number of amides is 2. The maximum Gasteiger partial charge on any atom is 0.322 e. The summed E-state index contributed by atoms with van der Waals surface area (Å²) in [5.74, 6) is 0.123. The highest BCUT2D eigenvalue weighted by atomic mass is 16.5. The van der Waals surface area contributed by atoms with E-state index in [0.717, 1.165) is 11.1 Å². The van der Waals surface area contributed by atoms with Crippen molar-refractivity contribution in [1.82, 2.24) is 10.2 Å². The largest absolute Gasteiger partial charge is 0.504 e. The van der Waals surface area contributed by atoms with E-state index >= 15 is 0 Å². The molecule has 1 aliphatic heterocycles. The lowest BCUT2D eigenvalue weighted by atomic mass is 9.89. The van der Waals surface area contributed by atoms with E-state index in [4.69, 9.17) is 4.74 Å². The molecule has 1 heterocycles. The third kappa shape index (κ3) is 4.60. The summed E-state index contributed by atoms with van der Waals surface area (Å²) in [7, 11) is 1.46. The number of nitrogens with zero attached hydrogens (tertiary/aromatic N) is 1. The normalized spacial score (nSPS) is 15.9. The topological polar surface area (TPSA) is 78.9 Å². The second kappa shape index (κ2) is 9.61. The van der Waals surface area contributed by atoms with Crippen LogP contribution in [0.2, 0.25) is 0 Å². The molecule has 0 spiro atoms. The SMILES string of the molecule is COc1cc(C2NC(=O)N(CCc3ccccc3)C(c3ccccc3)=C2C(C)=O)ccc1O. The van der Waals surface area contributed by atoms with Crippen molar-refractivity contribution in [3.05, 3.63) is 101 Å². The highest BCUT2D eigenvalue weighted by Gasteiger charge is 2.36. The van der Waals surface area contributed by atoms with Crippen LogP contribution in [-0.4, -0.2) is 35.5 Å². The van der Waals surface area contributed by atoms with Crippen LogP contribution < -0.4 is 10.1 Å². The average molecular weight is 443 g/mol. The van der Waals surface area contributed by atoms with Crippen molar-refractivity contribution >= 4 is 17.5 Å². The molecule has 0 fully saturated rings. The smallest absolute Gasteiger partial charge is 0.322 e. The van der Waals surface area contributed by atoms with Crippen LogP contribution in [0.3, 0.4) is 0 Å². The minimum Gasteiger partial charge on any atom is -0.504 e. The van der Waals surface area contributed by atoms with Crippen molar-refractivity contribution in [2.75, 3.05) is 13.7 Å². The average Bonchev–Trinajstić information content (AvgIpc) is 2.84. The van der Waals surface area contributed by atoms with Crippen LogP contribution in [0.4, 0.5) is 4.79 Å². The number of phenols is 1. The first-order valence-electron chi connectivity index (χ1n) is 10.8. The van der Waals surface area contributed by atoms with Gasteiger partial charge < -0.3 is 15.2 Å². The lowest BCUT2D eigenvalue weighted by Gasteiger charge is -2.37. The van der Waals surface area contributed by atoms with Gasteiger partial charge in [-0.15, -0.1) is 0 Å². The quantitative estimate of drug-likeness (QED) is 0.555. The Labute approximate surface area is 193 Å². The number of Topliss-reactive ketones (excluding diaryl/α,β-unsaturated/α-hetero) is 1. The molecule has 1 aliphatic rings. The number of nitrogens with one attached hydrogen (secondary N) is 1. The molecular formula is C27H26N2O4. The first kappa shape index (κ1) is 22.1. The van der Waals surface area contributed by atoms with Crippen LogP contribution in [-0.2, 0) is 11.2 Å². The zero-order valence-electron chi connectivity index (χ0n) is 18.6. The Morgan fingerprint density at radius 2 is 1.70 bits per heavy atom. The number of hydrogen-bond acceptors (Lipinski definition) is 4. The molecule has 168 valence electrons. The van der Waals surface area contributed by atoms with Crippen molar-refractivity contribution in [2.45, 2.75) is 19.4 Å². The van der Waals surface area contributed by atoms with E-state index in [1.54, 1.807) is 17.0 Å². The van der Waals surface area contributed by atoms with Crippen LogP contribution in [0.15, 0.2) is 84.4 Å². The molecule has 2 N–H and O–H groups in total. The number of rotatable bonds is 7. The summed E-state index contributed by atoms with van der Waals surface area (Å²) in [6.07, 6.45) is 0.646. The Balaban J connectivity index is 1.84. The van der Waals surface area contributed by atoms with Crippen LogP contribution in [0.1, 0.15) is 29.7 Å². The number of phenolic OH excluding ortho intramolecular Hbond substituents is 1. The Bertz CT molecular complexity index is 1190. The van der Waals surface area contributed by atoms with Gasteiger partial charge in [-0.1, -0.05) is 66.7 Å². The molecule has 0 saturated heterocycles. The second-order valence-corrected chi connectivity index (χ2v) is 7.89. The number of methoxy groups -OCH3 is 1. The number of hydrogen-bond donors (Lipinski definition) is 2. The van der Waals surface area contributed by atoms with Gasteiger partial charge in [0, 0.05) is 12.1 Å². The molecule has 0 saturated carbocycles. The van der Waals surface area contributed by atoms with E-state index in [1.165, 1.54) is 20.1 Å². The van der Waals surface area contributed by atoms with Gasteiger partial charge in [0.25, 0.3) is 0 Å². The molecule has 6 heteroatoms. The van der Waals surface area contributed by atoms with E-state index in [9.17, 15) is 14.7 Å². The fraction of sp³-hybridized carbons (Fsp3) is 0.185. The van der Waals surface area contributed by atoms with Crippen molar-refractivity contribution < 1.29 is 19.4 Å². The summed E-state index contributed by atoms with van der Waals surface area (Å²) < 4.78 is 5.25. The molecule has 6 nitrogen and oxygen atoms in total. The Morgan fingerprint density at radius 1 is 1.03 bits per heavy atom. The van der Waals surface area contributed by atoms with Crippen molar-refractivity contribution in [2.24, 2.45) is 0 Å². The molecule has 0 aliphatic carbocycles. The molecule has 3 aromatic carbocycles. The van der Waals surface area contributed by atoms with Gasteiger partial charge >= 0.3 is 6.03 Å². The number of carbonyl (C=O) groups is 2. The van der Waals surface area contributed by atoms with Crippen LogP contribution in [0.5, 0.6) is 11.5 Å². The molecule has 1 atom stereocenters. The summed E-state index contributed by atoms with van der Waals surface area (Å²) in [6, 6.07) is 23.3. The van der Waals surface area contributed by atoms with Crippen molar-refractivity contribution in [1.29, 1.82) is 0 Å². The van der Waals surface area contributed by atoms with Crippen LogP contribution >= 0.6 is 0 Å². The summed E-state index contributed by atoms with van der Waals surface area (Å²) in [6.45, 7) is 1.93. The van der Waals surface area contributed by atoms with Gasteiger partial charge in [-0.3, -0.25) is 9.69 Å². The van der Waals surface area contributed by atoms with E-state index in [0.29, 0.717) is 29.8 Å². The minimum atomic E-state index is -0.673. The summed E-state index contributed by atoms with van der Waals surface area (Å²) in [5, 5.41) is 13.0. The fourth-order valence-corrected chi connectivity index (χ4v) is 4.16. The highest BCUT2D eigenvalue weighted by Crippen LogP contribution is 2.38. The lowest BCUT2D eigenvalue weighted by molar-refractivity contribution is -0.114. The molecule has 2 amide bonds. The van der Waals surface area contributed by atoms with Gasteiger partial charge in [0.2, 0.25) is 0 Å². The minimum absolute atomic E-state index is 0.00971. The number of benzene rings is 3. The van der Waals surface area contributed by atoms with Crippen molar-refractivity contribution in [3.63, 3.8) is 0 Å². The molecule has 4 rings (SSSR count). The predicted octanol–water partition coefficient (Wildman–Crippen LogP) is 4.71. The number of aromatic hydroxyl groups is 1. The zero-order valence-corrected chi connectivity index (χ0v) is 18.6. The second-order valence-electron chi connectivity index (χ2n) is 7.89. The van der Waals surface area contributed by atoms with Gasteiger partial charge in [-0.05, 0) is 42.2 Å². The zero-order chi connectivity index (χ0) is 23.4. The maximum absolute atomic E-state index is 13.4. The number of urea groups is 1. The fourth-order valence-electron chi connectivity index (χ4n) is 4.16. The molecule has 0 bridgehead atoms.